The van der Waals surface area contributed by atoms with E-state index < -0.39 is 6.04 Å². The molecule has 0 spiro atoms. The smallest absolute Gasteiger partial charge is 0.251 e. The lowest BCUT2D eigenvalue weighted by Crippen LogP contribution is -2.48. The molecule has 1 atom stereocenters. The second kappa shape index (κ2) is 5.27. The number of piperidine rings is 1. The second-order valence-electron chi connectivity index (χ2n) is 4.16. The fourth-order valence-electron chi connectivity index (χ4n) is 1.77. The molecule has 1 aromatic rings. The number of rotatable bonds is 3. The maximum absolute atomic E-state index is 11.9. The van der Waals surface area contributed by atoms with Crippen molar-refractivity contribution in [3.8, 4) is 0 Å². The maximum atomic E-state index is 11.9. The van der Waals surface area contributed by atoms with Crippen molar-refractivity contribution < 1.29 is 9.59 Å². The van der Waals surface area contributed by atoms with Crippen molar-refractivity contribution in [2.75, 3.05) is 12.4 Å². The van der Waals surface area contributed by atoms with Crippen LogP contribution in [0.25, 0.3) is 0 Å². The van der Waals surface area contributed by atoms with Gasteiger partial charge in [-0.05, 0) is 12.5 Å². The monoisotopic (exact) mass is 279 g/mol. The first kappa shape index (κ1) is 13.3. The van der Waals surface area contributed by atoms with Crippen LogP contribution >= 0.6 is 12.2 Å². The number of anilines is 1. The average Bonchev–Trinajstić information content (AvgIpc) is 2.40. The highest BCUT2D eigenvalue weighted by Crippen LogP contribution is 2.15. The molecule has 0 bridgehead atoms. The number of nitrogens with two attached hydrogens (primary N) is 1. The predicted molar refractivity (Wildman–Crippen MR) is 72.3 cm³/mol. The molecule has 1 aliphatic heterocycles. The van der Waals surface area contributed by atoms with Crippen LogP contribution in [-0.4, -0.2) is 44.8 Å². The van der Waals surface area contributed by atoms with E-state index in [4.69, 9.17) is 18.0 Å². The van der Waals surface area contributed by atoms with Gasteiger partial charge in [-0.2, -0.15) is 0 Å². The van der Waals surface area contributed by atoms with E-state index in [0.717, 1.165) is 4.90 Å². The minimum atomic E-state index is -0.510. The number of likely N-dealkylation sites (N-methyl/N-ethyl adjacent to an activating group) is 1. The van der Waals surface area contributed by atoms with Crippen molar-refractivity contribution >= 4 is 35.0 Å². The molecule has 1 aliphatic rings. The van der Waals surface area contributed by atoms with Gasteiger partial charge in [0.1, 0.15) is 16.7 Å². The lowest BCUT2D eigenvalue weighted by molar-refractivity contribution is -0.146. The predicted octanol–water partition coefficient (Wildman–Crippen LogP) is -0.330. The molecule has 1 saturated heterocycles. The topological polar surface area (TPSA) is 101 Å². The van der Waals surface area contributed by atoms with Crippen LogP contribution in [0.4, 0.5) is 5.95 Å². The third-order valence-electron chi connectivity index (χ3n) is 2.86. The number of hydrogen-bond acceptors (Lipinski definition) is 6. The molecule has 0 aromatic carbocycles. The van der Waals surface area contributed by atoms with Crippen molar-refractivity contribution in [2.45, 2.75) is 18.9 Å². The Morgan fingerprint density at radius 3 is 3.00 bits per heavy atom. The zero-order chi connectivity index (χ0) is 14.0. The highest BCUT2D eigenvalue weighted by Gasteiger charge is 2.32. The summed E-state index contributed by atoms with van der Waals surface area (Å²) in [6.07, 6.45) is 2.24. The zero-order valence-electron chi connectivity index (χ0n) is 10.3. The Hall–Kier alpha value is -2.09. The van der Waals surface area contributed by atoms with Crippen molar-refractivity contribution in [1.82, 2.24) is 14.9 Å². The van der Waals surface area contributed by atoms with E-state index in [1.165, 1.54) is 13.2 Å². The standard InChI is InChI=1S/C11H13N5O2S/c1-16-8(17)3-2-7(10(16)18)15-11-13-5-4-6(14-11)9(12)19/h4-5,7H,2-3H2,1H3,(H2,12,19)(H,13,14,15). The van der Waals surface area contributed by atoms with Gasteiger partial charge in [-0.15, -0.1) is 0 Å². The molecule has 2 amide bonds. The first-order chi connectivity index (χ1) is 8.99. The number of nitrogens with zero attached hydrogens (tertiary/aromatic N) is 3. The van der Waals surface area contributed by atoms with E-state index in [1.807, 2.05) is 0 Å². The van der Waals surface area contributed by atoms with Gasteiger partial charge in [-0.3, -0.25) is 14.5 Å². The van der Waals surface area contributed by atoms with E-state index in [9.17, 15) is 9.59 Å². The summed E-state index contributed by atoms with van der Waals surface area (Å²) in [5, 5.41) is 2.90. The van der Waals surface area contributed by atoms with Gasteiger partial charge in [0.15, 0.2) is 0 Å². The molecule has 0 aliphatic carbocycles. The first-order valence-corrected chi connectivity index (χ1v) is 6.09. The number of carbonyl (C=O) groups is 2. The summed E-state index contributed by atoms with van der Waals surface area (Å²) in [7, 11) is 1.46. The van der Waals surface area contributed by atoms with Crippen molar-refractivity contribution in [2.24, 2.45) is 5.73 Å². The first-order valence-electron chi connectivity index (χ1n) is 5.69. The number of thiocarbonyl (C=S) groups is 1. The summed E-state index contributed by atoms with van der Waals surface area (Å²) in [5.41, 5.74) is 5.91. The van der Waals surface area contributed by atoms with Crippen LogP contribution in [0.2, 0.25) is 0 Å². The van der Waals surface area contributed by atoms with E-state index >= 15 is 0 Å². The second-order valence-corrected chi connectivity index (χ2v) is 4.60. The lowest BCUT2D eigenvalue weighted by Gasteiger charge is -2.28. The van der Waals surface area contributed by atoms with Gasteiger partial charge in [0, 0.05) is 19.7 Å². The molecule has 19 heavy (non-hydrogen) atoms. The zero-order valence-corrected chi connectivity index (χ0v) is 11.1. The van der Waals surface area contributed by atoms with Crippen molar-refractivity contribution in [3.05, 3.63) is 18.0 Å². The maximum Gasteiger partial charge on any atom is 0.251 e. The van der Waals surface area contributed by atoms with Gasteiger partial charge in [0.25, 0.3) is 5.91 Å². The lowest BCUT2D eigenvalue weighted by atomic mass is 10.1. The fraction of sp³-hybridized carbons (Fsp3) is 0.364. The van der Waals surface area contributed by atoms with E-state index in [2.05, 4.69) is 15.3 Å². The number of carbonyl (C=O) groups excluding carboxylic acids is 2. The van der Waals surface area contributed by atoms with Crippen LogP contribution in [-0.2, 0) is 9.59 Å². The molecule has 2 rings (SSSR count). The Labute approximate surface area is 115 Å². The van der Waals surface area contributed by atoms with Crippen LogP contribution in [0.15, 0.2) is 12.3 Å². The van der Waals surface area contributed by atoms with Gasteiger partial charge < -0.3 is 11.1 Å². The summed E-state index contributed by atoms with van der Waals surface area (Å²) >= 11 is 4.82. The Kier molecular flexibility index (Phi) is 3.70. The van der Waals surface area contributed by atoms with Crippen LogP contribution in [0.5, 0.6) is 0 Å². The molecular formula is C11H13N5O2S. The van der Waals surface area contributed by atoms with Gasteiger partial charge in [-0.1, -0.05) is 12.2 Å². The fourth-order valence-corrected chi connectivity index (χ4v) is 1.88. The van der Waals surface area contributed by atoms with E-state index in [1.54, 1.807) is 6.07 Å². The molecule has 100 valence electrons. The van der Waals surface area contributed by atoms with Gasteiger partial charge in [-0.25, -0.2) is 9.97 Å². The number of nitrogens with one attached hydrogen (secondary N) is 1. The number of imide groups is 1. The Morgan fingerprint density at radius 1 is 1.58 bits per heavy atom. The summed E-state index contributed by atoms with van der Waals surface area (Å²) < 4.78 is 0. The van der Waals surface area contributed by atoms with Gasteiger partial charge in [0.2, 0.25) is 11.9 Å². The van der Waals surface area contributed by atoms with E-state index in [0.29, 0.717) is 18.5 Å². The summed E-state index contributed by atoms with van der Waals surface area (Å²) in [6, 6.07) is 1.08. The summed E-state index contributed by atoms with van der Waals surface area (Å²) in [4.78, 5) is 32.6. The SMILES string of the molecule is CN1C(=O)CCC(Nc2nccc(C(N)=S)n2)C1=O. The number of amides is 2. The van der Waals surface area contributed by atoms with Crippen LogP contribution in [0, 0.1) is 0 Å². The Bertz CT molecular complexity index is 548. The summed E-state index contributed by atoms with van der Waals surface area (Å²) in [5.74, 6) is -0.201. The highest BCUT2D eigenvalue weighted by atomic mass is 32.1. The minimum absolute atomic E-state index is 0.160. The van der Waals surface area contributed by atoms with Crippen LogP contribution in [0.3, 0.4) is 0 Å². The molecule has 7 nitrogen and oxygen atoms in total. The minimum Gasteiger partial charge on any atom is -0.388 e. The Balaban J connectivity index is 2.13. The molecule has 1 aromatic heterocycles. The van der Waals surface area contributed by atoms with Crippen LogP contribution in [0.1, 0.15) is 18.5 Å². The van der Waals surface area contributed by atoms with Crippen molar-refractivity contribution in [3.63, 3.8) is 0 Å². The van der Waals surface area contributed by atoms with Gasteiger partial charge >= 0.3 is 0 Å². The number of hydrogen-bond donors (Lipinski definition) is 2. The normalized spacial score (nSPS) is 19.4. The van der Waals surface area contributed by atoms with Crippen molar-refractivity contribution in [1.29, 1.82) is 0 Å². The number of aromatic nitrogens is 2. The molecule has 1 fully saturated rings. The molecule has 1 unspecified atom stereocenters. The Morgan fingerprint density at radius 2 is 2.32 bits per heavy atom. The molecular weight excluding hydrogens is 266 g/mol. The highest BCUT2D eigenvalue weighted by molar-refractivity contribution is 7.80. The van der Waals surface area contributed by atoms with Gasteiger partial charge in [0.05, 0.1) is 0 Å². The molecule has 0 saturated carbocycles. The summed E-state index contributed by atoms with van der Waals surface area (Å²) in [6.45, 7) is 0. The largest absolute Gasteiger partial charge is 0.388 e. The average molecular weight is 279 g/mol. The quantitative estimate of drug-likeness (QED) is 0.577. The van der Waals surface area contributed by atoms with E-state index in [-0.39, 0.29) is 22.8 Å². The molecule has 2 heterocycles. The van der Waals surface area contributed by atoms with Crippen LogP contribution < -0.4 is 11.1 Å². The third kappa shape index (κ3) is 2.84. The number of likely N-dealkylation sites (tertiary alicyclic amines) is 1. The molecule has 0 radical (unpaired) electrons. The third-order valence-corrected chi connectivity index (χ3v) is 3.07. The molecule has 3 N–H and O–H groups in total. The molecule has 8 heteroatoms.